The number of benzene rings is 1. The van der Waals surface area contributed by atoms with Gasteiger partial charge < -0.3 is 30.0 Å². The van der Waals surface area contributed by atoms with Crippen LogP contribution < -0.4 is 16.0 Å². The number of nitrogens with two attached hydrogens (primary N) is 1. The highest BCUT2D eigenvalue weighted by Crippen LogP contribution is 2.32. The van der Waals surface area contributed by atoms with Gasteiger partial charge in [-0.15, -0.1) is 0 Å². The molecule has 0 bridgehead atoms. The predicted octanol–water partition coefficient (Wildman–Crippen LogP) is 3.21. The standard InChI is InChI=1S/C23H29N5O4/c1-23(2,3)32-22(30)26-16-9-11-27(12-10-16)17-7-5-6-8-18(17)28-14-15(13-24)19(25)20(28)21(29)31-4/h5-8,14,16H,9-12,25H2,1-4H3,(H,26,30). The summed E-state index contributed by atoms with van der Waals surface area (Å²) >= 11 is 0. The normalized spacial score (nSPS) is 14.5. The van der Waals surface area contributed by atoms with E-state index in [-0.39, 0.29) is 23.0 Å². The van der Waals surface area contributed by atoms with Gasteiger partial charge in [0.1, 0.15) is 11.7 Å². The second-order valence-corrected chi connectivity index (χ2v) is 8.67. The summed E-state index contributed by atoms with van der Waals surface area (Å²) in [5.74, 6) is -0.612. The Hall–Kier alpha value is -3.67. The SMILES string of the molecule is COC(=O)c1c(N)c(C#N)cn1-c1ccccc1N1CCC(NC(=O)OC(C)(C)C)CC1. The Balaban J connectivity index is 1.82. The average Bonchev–Trinajstić information content (AvgIpc) is 3.08. The number of alkyl carbamates (subject to hydrolysis) is 1. The number of anilines is 2. The number of ether oxygens (including phenoxy) is 2. The number of nitrogens with zero attached hydrogens (tertiary/aromatic N) is 3. The second kappa shape index (κ2) is 9.22. The lowest BCUT2D eigenvalue weighted by Crippen LogP contribution is -2.46. The Morgan fingerprint density at radius 2 is 1.81 bits per heavy atom. The maximum atomic E-state index is 12.4. The Kier molecular flexibility index (Phi) is 6.63. The third kappa shape index (κ3) is 4.97. The molecular weight excluding hydrogens is 410 g/mol. The van der Waals surface area contributed by atoms with Gasteiger partial charge in [-0.3, -0.25) is 0 Å². The van der Waals surface area contributed by atoms with Gasteiger partial charge in [-0.2, -0.15) is 5.26 Å². The molecule has 1 aromatic carbocycles. The highest BCUT2D eigenvalue weighted by Gasteiger charge is 2.27. The van der Waals surface area contributed by atoms with Crippen molar-refractivity contribution < 1.29 is 19.1 Å². The number of hydrogen-bond donors (Lipinski definition) is 2. The molecule has 3 rings (SSSR count). The molecule has 1 aliphatic heterocycles. The van der Waals surface area contributed by atoms with Crippen LogP contribution in [-0.4, -0.2) is 48.5 Å². The number of carbonyl (C=O) groups is 2. The maximum Gasteiger partial charge on any atom is 0.407 e. The van der Waals surface area contributed by atoms with E-state index < -0.39 is 17.7 Å². The van der Waals surface area contributed by atoms with E-state index in [0.29, 0.717) is 13.1 Å². The van der Waals surface area contributed by atoms with Crippen molar-refractivity contribution in [3.63, 3.8) is 0 Å². The number of piperidine rings is 1. The van der Waals surface area contributed by atoms with Crippen LogP contribution in [0.3, 0.4) is 0 Å². The van der Waals surface area contributed by atoms with E-state index in [0.717, 1.165) is 24.2 Å². The van der Waals surface area contributed by atoms with Crippen molar-refractivity contribution in [2.24, 2.45) is 0 Å². The first-order valence-corrected chi connectivity index (χ1v) is 10.5. The van der Waals surface area contributed by atoms with Gasteiger partial charge in [0.25, 0.3) is 0 Å². The first-order chi connectivity index (χ1) is 15.1. The van der Waals surface area contributed by atoms with Gasteiger partial charge >= 0.3 is 12.1 Å². The number of carbonyl (C=O) groups excluding carboxylic acids is 2. The minimum atomic E-state index is -0.612. The highest BCUT2D eigenvalue weighted by molar-refractivity contribution is 5.96. The Morgan fingerprint density at radius 3 is 2.38 bits per heavy atom. The van der Waals surface area contributed by atoms with E-state index in [1.165, 1.54) is 7.11 Å². The van der Waals surface area contributed by atoms with Crippen LogP contribution in [0.1, 0.15) is 49.7 Å². The molecule has 0 saturated carbocycles. The lowest BCUT2D eigenvalue weighted by molar-refractivity contribution is 0.0496. The largest absolute Gasteiger partial charge is 0.464 e. The monoisotopic (exact) mass is 439 g/mol. The number of para-hydroxylation sites is 2. The van der Waals surface area contributed by atoms with E-state index in [1.54, 1.807) is 10.8 Å². The molecule has 0 aliphatic carbocycles. The quantitative estimate of drug-likeness (QED) is 0.701. The van der Waals surface area contributed by atoms with Crippen LogP contribution in [0.25, 0.3) is 5.69 Å². The van der Waals surface area contributed by atoms with Gasteiger partial charge in [0.05, 0.1) is 29.7 Å². The number of nitriles is 1. The summed E-state index contributed by atoms with van der Waals surface area (Å²) in [5, 5.41) is 12.3. The number of methoxy groups -OCH3 is 1. The molecule has 9 heteroatoms. The van der Waals surface area contributed by atoms with Crippen molar-refractivity contribution in [3.8, 4) is 11.8 Å². The number of aromatic nitrogens is 1. The summed E-state index contributed by atoms with van der Waals surface area (Å²) in [7, 11) is 1.28. The predicted molar refractivity (Wildman–Crippen MR) is 121 cm³/mol. The minimum absolute atomic E-state index is 0.0197. The van der Waals surface area contributed by atoms with E-state index in [9.17, 15) is 14.9 Å². The van der Waals surface area contributed by atoms with Crippen molar-refractivity contribution in [3.05, 3.63) is 41.7 Å². The van der Waals surface area contributed by atoms with E-state index >= 15 is 0 Å². The van der Waals surface area contributed by atoms with Crippen LogP contribution in [0.2, 0.25) is 0 Å². The minimum Gasteiger partial charge on any atom is -0.464 e. The number of hydrogen-bond acceptors (Lipinski definition) is 7. The molecular formula is C23H29N5O4. The lowest BCUT2D eigenvalue weighted by Gasteiger charge is -2.35. The molecule has 2 heterocycles. The van der Waals surface area contributed by atoms with E-state index in [2.05, 4.69) is 10.2 Å². The number of nitrogens with one attached hydrogen (secondary N) is 1. The van der Waals surface area contributed by atoms with Crippen molar-refractivity contribution in [1.82, 2.24) is 9.88 Å². The van der Waals surface area contributed by atoms with Gasteiger partial charge in [0.2, 0.25) is 0 Å². The summed E-state index contributed by atoms with van der Waals surface area (Å²) in [6, 6.07) is 9.65. The fraction of sp³-hybridized carbons (Fsp3) is 0.435. The molecule has 32 heavy (non-hydrogen) atoms. The fourth-order valence-corrected chi connectivity index (χ4v) is 3.78. The molecule has 0 radical (unpaired) electrons. The van der Waals surface area contributed by atoms with E-state index in [1.807, 2.05) is 51.1 Å². The first-order valence-electron chi connectivity index (χ1n) is 10.5. The Labute approximate surface area is 187 Å². The summed E-state index contributed by atoms with van der Waals surface area (Å²) in [4.78, 5) is 26.7. The third-order valence-electron chi connectivity index (χ3n) is 5.24. The summed E-state index contributed by atoms with van der Waals surface area (Å²) in [5.41, 5.74) is 7.56. The van der Waals surface area contributed by atoms with Crippen LogP contribution >= 0.6 is 0 Å². The van der Waals surface area contributed by atoms with Crippen LogP contribution in [0.4, 0.5) is 16.2 Å². The van der Waals surface area contributed by atoms with Crippen LogP contribution in [-0.2, 0) is 9.47 Å². The molecule has 0 atom stereocenters. The number of esters is 1. The van der Waals surface area contributed by atoms with Crippen LogP contribution in [0, 0.1) is 11.3 Å². The zero-order valence-electron chi connectivity index (χ0n) is 18.8. The Bertz CT molecular complexity index is 1040. The molecule has 2 aromatic rings. The Morgan fingerprint density at radius 1 is 1.19 bits per heavy atom. The molecule has 170 valence electrons. The first kappa shape index (κ1) is 23.0. The molecule has 0 spiro atoms. The van der Waals surface area contributed by atoms with E-state index in [4.69, 9.17) is 15.2 Å². The topological polar surface area (TPSA) is 123 Å². The molecule has 1 aliphatic rings. The summed E-state index contributed by atoms with van der Waals surface area (Å²) in [6.45, 7) is 6.90. The molecule has 0 unspecified atom stereocenters. The average molecular weight is 440 g/mol. The van der Waals surface area contributed by atoms with Crippen molar-refractivity contribution in [2.75, 3.05) is 30.8 Å². The molecule has 9 nitrogen and oxygen atoms in total. The second-order valence-electron chi connectivity index (χ2n) is 8.67. The van der Waals surface area contributed by atoms with Crippen molar-refractivity contribution in [1.29, 1.82) is 5.26 Å². The number of rotatable bonds is 4. The molecule has 1 aromatic heterocycles. The number of nitrogen functional groups attached to an aromatic ring is 1. The van der Waals surface area contributed by atoms with Crippen LogP contribution in [0.5, 0.6) is 0 Å². The molecule has 1 saturated heterocycles. The zero-order chi connectivity index (χ0) is 23.5. The zero-order valence-corrected chi connectivity index (χ0v) is 18.8. The number of amides is 1. The lowest BCUT2D eigenvalue weighted by atomic mass is 10.0. The van der Waals surface area contributed by atoms with Crippen molar-refractivity contribution >= 4 is 23.4 Å². The van der Waals surface area contributed by atoms with Gasteiger partial charge in [-0.05, 0) is 45.7 Å². The summed E-state index contributed by atoms with van der Waals surface area (Å²) < 4.78 is 11.9. The summed E-state index contributed by atoms with van der Waals surface area (Å²) in [6.07, 6.45) is 2.63. The highest BCUT2D eigenvalue weighted by atomic mass is 16.6. The van der Waals surface area contributed by atoms with Crippen molar-refractivity contribution in [2.45, 2.75) is 45.3 Å². The third-order valence-corrected chi connectivity index (χ3v) is 5.24. The van der Waals surface area contributed by atoms with Crippen LogP contribution in [0.15, 0.2) is 30.5 Å². The van der Waals surface area contributed by atoms with Gasteiger partial charge in [0, 0.05) is 25.3 Å². The van der Waals surface area contributed by atoms with Gasteiger partial charge in [-0.1, -0.05) is 12.1 Å². The maximum absolute atomic E-state index is 12.4. The molecule has 1 amide bonds. The molecule has 1 fully saturated rings. The van der Waals surface area contributed by atoms with Gasteiger partial charge in [-0.25, -0.2) is 9.59 Å². The molecule has 3 N–H and O–H groups in total. The van der Waals surface area contributed by atoms with Gasteiger partial charge in [0.15, 0.2) is 5.69 Å². The smallest absolute Gasteiger partial charge is 0.407 e. The fourth-order valence-electron chi connectivity index (χ4n) is 3.78.